The number of rotatable bonds is 4. The normalized spacial score (nSPS) is 22.8. The Kier molecular flexibility index (Phi) is 3.19. The Bertz CT molecular complexity index is 412. The maximum Gasteiger partial charge on any atom is 0.358 e. The van der Waals surface area contributed by atoms with E-state index in [1.807, 2.05) is 0 Å². The van der Waals surface area contributed by atoms with Gasteiger partial charge in [0.15, 0.2) is 11.5 Å². The number of carboxylic acid groups (broad SMARTS) is 1. The van der Waals surface area contributed by atoms with Gasteiger partial charge in [-0.2, -0.15) is 0 Å². The smallest absolute Gasteiger partial charge is 0.358 e. The van der Waals surface area contributed by atoms with Crippen molar-refractivity contribution >= 4 is 5.97 Å². The second kappa shape index (κ2) is 4.49. The van der Waals surface area contributed by atoms with E-state index >= 15 is 0 Å². The molecule has 0 bridgehead atoms. The number of aromatic carboxylic acids is 1. The molecule has 5 heteroatoms. The van der Waals surface area contributed by atoms with E-state index in [0.717, 1.165) is 6.42 Å². The first-order valence-corrected chi connectivity index (χ1v) is 5.91. The maximum atomic E-state index is 10.6. The highest BCUT2D eigenvalue weighted by Crippen LogP contribution is 2.37. The van der Waals surface area contributed by atoms with E-state index in [9.17, 15) is 4.79 Å². The van der Waals surface area contributed by atoms with Gasteiger partial charge in [-0.15, -0.1) is 0 Å². The molecule has 1 heterocycles. The van der Waals surface area contributed by atoms with Crippen LogP contribution in [0.4, 0.5) is 0 Å². The van der Waals surface area contributed by atoms with Crippen molar-refractivity contribution in [3.63, 3.8) is 0 Å². The second-order valence-electron chi connectivity index (χ2n) is 5.30. The first-order valence-electron chi connectivity index (χ1n) is 5.91. The molecule has 0 aromatic carbocycles. The predicted octanol–water partition coefficient (Wildman–Crippen LogP) is 2.04. The summed E-state index contributed by atoms with van der Waals surface area (Å²) in [5.41, 5.74) is 0.267. The summed E-state index contributed by atoms with van der Waals surface area (Å²) in [6.45, 7) is 5.04. The summed E-state index contributed by atoms with van der Waals surface area (Å²) in [6, 6.07) is 1.93. The minimum absolute atomic E-state index is 0.0347. The molecule has 5 nitrogen and oxygen atoms in total. The lowest BCUT2D eigenvalue weighted by atomic mass is 9.87. The predicted molar refractivity (Wildman–Crippen MR) is 61.7 cm³/mol. The van der Waals surface area contributed by atoms with Gasteiger partial charge in [-0.25, -0.2) is 4.79 Å². The summed E-state index contributed by atoms with van der Waals surface area (Å²) in [7, 11) is 0. The van der Waals surface area contributed by atoms with Gasteiger partial charge < -0.3 is 14.9 Å². The Morgan fingerprint density at radius 2 is 2.47 bits per heavy atom. The number of carboxylic acids is 1. The van der Waals surface area contributed by atoms with Crippen LogP contribution < -0.4 is 5.32 Å². The van der Waals surface area contributed by atoms with E-state index in [2.05, 4.69) is 24.3 Å². The van der Waals surface area contributed by atoms with E-state index in [1.165, 1.54) is 18.9 Å². The van der Waals surface area contributed by atoms with Gasteiger partial charge in [0, 0.05) is 12.1 Å². The third-order valence-electron chi connectivity index (χ3n) is 3.56. The molecule has 0 radical (unpaired) electrons. The largest absolute Gasteiger partial charge is 0.476 e. The van der Waals surface area contributed by atoms with Crippen LogP contribution in [0.15, 0.2) is 10.6 Å². The Labute approximate surface area is 100 Å². The van der Waals surface area contributed by atoms with E-state index < -0.39 is 5.97 Å². The van der Waals surface area contributed by atoms with Crippen molar-refractivity contribution in [1.82, 2.24) is 10.5 Å². The Morgan fingerprint density at radius 1 is 1.71 bits per heavy atom. The lowest BCUT2D eigenvalue weighted by molar-refractivity contribution is 0.0685. The number of aromatic nitrogens is 1. The van der Waals surface area contributed by atoms with Crippen LogP contribution in [0.5, 0.6) is 0 Å². The topological polar surface area (TPSA) is 75.4 Å². The molecule has 1 unspecified atom stereocenters. The molecule has 1 aromatic rings. The number of hydrogen-bond acceptors (Lipinski definition) is 4. The summed E-state index contributed by atoms with van der Waals surface area (Å²) in [4.78, 5) is 10.6. The van der Waals surface area contributed by atoms with Crippen molar-refractivity contribution in [2.75, 3.05) is 0 Å². The van der Waals surface area contributed by atoms with Gasteiger partial charge in [0.1, 0.15) is 0 Å². The molecule has 1 aliphatic carbocycles. The molecule has 1 fully saturated rings. The molecule has 0 saturated heterocycles. The number of hydrogen-bond donors (Lipinski definition) is 2. The lowest BCUT2D eigenvalue weighted by Crippen LogP contribution is -2.37. The van der Waals surface area contributed by atoms with Crippen LogP contribution in [0.1, 0.15) is 49.4 Å². The SMILES string of the molecule is CC1(C)CCCC1NCc1cc(C(=O)O)no1. The molecule has 1 atom stereocenters. The van der Waals surface area contributed by atoms with E-state index in [1.54, 1.807) is 0 Å². The molecule has 0 spiro atoms. The molecule has 2 N–H and O–H groups in total. The van der Waals surface area contributed by atoms with Crippen molar-refractivity contribution in [2.45, 2.75) is 45.7 Å². The summed E-state index contributed by atoms with van der Waals surface area (Å²) in [6.07, 6.45) is 3.62. The molecular weight excluding hydrogens is 220 g/mol. The fourth-order valence-corrected chi connectivity index (χ4v) is 2.43. The minimum Gasteiger partial charge on any atom is -0.476 e. The monoisotopic (exact) mass is 238 g/mol. The zero-order valence-corrected chi connectivity index (χ0v) is 10.2. The standard InChI is InChI=1S/C12H18N2O3/c1-12(2)5-3-4-10(12)13-7-8-6-9(11(15)16)14-17-8/h6,10,13H,3-5,7H2,1-2H3,(H,15,16). The van der Waals surface area contributed by atoms with Gasteiger partial charge in [0.25, 0.3) is 0 Å². The molecular formula is C12H18N2O3. The fourth-order valence-electron chi connectivity index (χ4n) is 2.43. The molecule has 17 heavy (non-hydrogen) atoms. The average molecular weight is 238 g/mol. The Balaban J connectivity index is 1.91. The maximum absolute atomic E-state index is 10.6. The van der Waals surface area contributed by atoms with E-state index in [4.69, 9.17) is 9.63 Å². The van der Waals surface area contributed by atoms with Crippen molar-refractivity contribution < 1.29 is 14.4 Å². The van der Waals surface area contributed by atoms with Crippen molar-refractivity contribution in [2.24, 2.45) is 5.41 Å². The van der Waals surface area contributed by atoms with Gasteiger partial charge in [-0.3, -0.25) is 0 Å². The lowest BCUT2D eigenvalue weighted by Gasteiger charge is -2.27. The molecule has 0 aliphatic heterocycles. The van der Waals surface area contributed by atoms with Crippen LogP contribution in [0.25, 0.3) is 0 Å². The highest BCUT2D eigenvalue weighted by atomic mass is 16.5. The Morgan fingerprint density at radius 3 is 3.00 bits per heavy atom. The zero-order chi connectivity index (χ0) is 12.5. The van der Waals surface area contributed by atoms with E-state index in [-0.39, 0.29) is 5.69 Å². The van der Waals surface area contributed by atoms with E-state index in [0.29, 0.717) is 23.8 Å². The van der Waals surface area contributed by atoms with Crippen molar-refractivity contribution in [3.05, 3.63) is 17.5 Å². The summed E-state index contributed by atoms with van der Waals surface area (Å²) >= 11 is 0. The molecule has 0 amide bonds. The molecule has 1 saturated carbocycles. The van der Waals surface area contributed by atoms with Crippen molar-refractivity contribution in [1.29, 1.82) is 0 Å². The molecule has 94 valence electrons. The molecule has 2 rings (SSSR count). The summed E-state index contributed by atoms with van der Waals surface area (Å²) in [5.74, 6) is -0.480. The summed E-state index contributed by atoms with van der Waals surface area (Å²) < 4.78 is 4.96. The van der Waals surface area contributed by atoms with Crippen LogP contribution in [0, 0.1) is 5.41 Å². The van der Waals surface area contributed by atoms with Crippen LogP contribution >= 0.6 is 0 Å². The number of carbonyl (C=O) groups is 1. The van der Waals surface area contributed by atoms with Gasteiger partial charge >= 0.3 is 5.97 Å². The third-order valence-corrected chi connectivity index (χ3v) is 3.56. The molecule has 1 aromatic heterocycles. The first kappa shape index (κ1) is 12.1. The fraction of sp³-hybridized carbons (Fsp3) is 0.667. The van der Waals surface area contributed by atoms with Crippen LogP contribution in [0.2, 0.25) is 0 Å². The van der Waals surface area contributed by atoms with Gasteiger partial charge in [0.05, 0.1) is 6.54 Å². The van der Waals surface area contributed by atoms with Crippen LogP contribution in [0.3, 0.4) is 0 Å². The van der Waals surface area contributed by atoms with Crippen LogP contribution in [-0.2, 0) is 6.54 Å². The Hall–Kier alpha value is -1.36. The number of nitrogens with one attached hydrogen (secondary N) is 1. The number of nitrogens with zero attached hydrogens (tertiary/aromatic N) is 1. The minimum atomic E-state index is -1.05. The van der Waals surface area contributed by atoms with Gasteiger partial charge in [-0.1, -0.05) is 25.4 Å². The quantitative estimate of drug-likeness (QED) is 0.839. The third kappa shape index (κ3) is 2.66. The second-order valence-corrected chi connectivity index (χ2v) is 5.30. The first-order chi connectivity index (χ1) is 7.99. The highest BCUT2D eigenvalue weighted by molar-refractivity contribution is 5.85. The summed E-state index contributed by atoms with van der Waals surface area (Å²) in [5, 5.41) is 15.6. The average Bonchev–Trinajstić information content (AvgIpc) is 2.81. The molecule has 1 aliphatic rings. The van der Waals surface area contributed by atoms with Gasteiger partial charge in [-0.05, 0) is 18.3 Å². The zero-order valence-electron chi connectivity index (χ0n) is 10.2. The van der Waals surface area contributed by atoms with Crippen molar-refractivity contribution in [3.8, 4) is 0 Å². The highest BCUT2D eigenvalue weighted by Gasteiger charge is 2.34. The van der Waals surface area contributed by atoms with Gasteiger partial charge in [0.2, 0.25) is 0 Å². The van der Waals surface area contributed by atoms with Crippen LogP contribution in [-0.4, -0.2) is 22.3 Å².